The molecule has 0 fully saturated rings. The summed E-state index contributed by atoms with van der Waals surface area (Å²) in [6, 6.07) is 21.8. The number of pyridine rings is 1. The van der Waals surface area contributed by atoms with Crippen molar-refractivity contribution in [3.8, 4) is 0 Å². The zero-order valence-electron chi connectivity index (χ0n) is 24.4. The standard InChI is InChI=1S/C29H24N4O4.3CNS.Ru/c1-2-19(28(34)35)15-24(30)26-16-20(29(36)37)17-27(32-26)25-14-13-23(18-31-25)33(21-9-5-3-6-10-21)22-11-7-4-8-12-22;3*2-1-3;/h2-18,25,30H,1H3,(H,34,35)(H,36,37);;;;/q-2;3*-1;+4/b19-2+,24-15-;;;;. The topological polar surface area (TPSA) is 196 Å². The first kappa shape index (κ1) is 41.9. The fraction of sp³-hybridized carbons (Fsp3) is 0.0625. The van der Waals surface area contributed by atoms with Crippen LogP contribution >= 0.6 is 36.7 Å². The molecule has 4 rings (SSSR count). The molecule has 0 bridgehead atoms. The minimum absolute atomic E-state index is 0. The molecular formula is C32H24N7O4RuS3-. The zero-order valence-corrected chi connectivity index (χ0v) is 28.6. The minimum atomic E-state index is -1.19. The molecule has 1 aliphatic rings. The molecule has 3 N–H and O–H groups in total. The number of rotatable bonds is 8. The number of aromatic carboxylic acids is 1. The Morgan fingerprint density at radius 2 is 1.43 bits per heavy atom. The maximum Gasteiger partial charge on any atom is 4.00 e. The van der Waals surface area contributed by atoms with Crippen molar-refractivity contribution >= 4 is 81.1 Å². The third kappa shape index (κ3) is 13.8. The van der Waals surface area contributed by atoms with E-state index in [-0.39, 0.29) is 42.0 Å². The molecule has 238 valence electrons. The third-order valence-corrected chi connectivity index (χ3v) is 5.63. The van der Waals surface area contributed by atoms with Crippen molar-refractivity contribution < 1.29 is 39.3 Å². The normalized spacial score (nSPS) is 12.7. The van der Waals surface area contributed by atoms with Gasteiger partial charge in [-0.05, 0) is 49.4 Å². The number of thiocarbonyl (C=S) groups is 3. The molecule has 1 aromatic heterocycles. The van der Waals surface area contributed by atoms with Crippen LogP contribution in [-0.4, -0.2) is 42.6 Å². The van der Waals surface area contributed by atoms with Crippen molar-refractivity contribution in [2.24, 2.45) is 0 Å². The van der Waals surface area contributed by atoms with Gasteiger partial charge in [-0.2, -0.15) is 21.7 Å². The summed E-state index contributed by atoms with van der Waals surface area (Å²) >= 11 is 11.1. The number of aromatic nitrogens is 1. The van der Waals surface area contributed by atoms with Gasteiger partial charge in [-0.25, -0.2) is 9.59 Å². The summed E-state index contributed by atoms with van der Waals surface area (Å²) in [5.74, 6) is -2.37. The fourth-order valence-corrected chi connectivity index (χ4v) is 3.81. The number of allylic oxidation sites excluding steroid dienone is 2. The van der Waals surface area contributed by atoms with Crippen molar-refractivity contribution in [3.63, 3.8) is 0 Å². The van der Waals surface area contributed by atoms with Crippen LogP contribution in [0.3, 0.4) is 0 Å². The van der Waals surface area contributed by atoms with Crippen LogP contribution in [0.5, 0.6) is 0 Å². The Hall–Kier alpha value is -5.09. The van der Waals surface area contributed by atoms with E-state index in [1.807, 2.05) is 72.8 Å². The van der Waals surface area contributed by atoms with E-state index in [1.165, 1.54) is 33.7 Å². The second-order valence-corrected chi connectivity index (χ2v) is 8.91. The maximum atomic E-state index is 11.8. The molecule has 3 aromatic rings. The summed E-state index contributed by atoms with van der Waals surface area (Å²) in [4.78, 5) is 29.6. The van der Waals surface area contributed by atoms with Crippen LogP contribution in [-0.2, 0) is 24.3 Å². The summed E-state index contributed by atoms with van der Waals surface area (Å²) in [6.45, 7) is 1.55. The molecule has 0 aliphatic carbocycles. The van der Waals surface area contributed by atoms with Crippen molar-refractivity contribution in [3.05, 3.63) is 159 Å². The number of hydrogen-bond donors (Lipinski definition) is 2. The number of nitrogens with one attached hydrogen (secondary N) is 1. The largest absolute Gasteiger partial charge is 4.00 e. The molecule has 1 unspecified atom stereocenters. The number of isothiocyanates is 3. The third-order valence-electron chi connectivity index (χ3n) is 5.63. The van der Waals surface area contributed by atoms with Crippen molar-refractivity contribution in [2.75, 3.05) is 4.90 Å². The molecule has 1 atom stereocenters. The molecule has 11 nitrogen and oxygen atoms in total. The van der Waals surface area contributed by atoms with E-state index in [4.69, 9.17) is 22.0 Å². The number of aliphatic carboxylic acids is 1. The number of hydrogen-bond acceptors (Lipinski definition) is 7. The first-order valence-electron chi connectivity index (χ1n) is 12.7. The second kappa shape index (κ2) is 23.3. The van der Waals surface area contributed by atoms with Gasteiger partial charge < -0.3 is 42.4 Å². The molecule has 0 saturated heterocycles. The van der Waals surface area contributed by atoms with Crippen LogP contribution in [0.4, 0.5) is 11.4 Å². The Kier molecular flexibility index (Phi) is 20.8. The molecule has 0 amide bonds. The van der Waals surface area contributed by atoms with Gasteiger partial charge in [-0.1, -0.05) is 97.3 Å². The zero-order chi connectivity index (χ0) is 34.5. The van der Waals surface area contributed by atoms with Crippen LogP contribution in [0.1, 0.15) is 34.7 Å². The van der Waals surface area contributed by atoms with Gasteiger partial charge in [0, 0.05) is 28.5 Å². The number of nitrogens with zero attached hydrogens (tertiary/aromatic N) is 6. The van der Waals surface area contributed by atoms with E-state index in [1.54, 1.807) is 13.1 Å². The van der Waals surface area contributed by atoms with Gasteiger partial charge in [0.25, 0.3) is 0 Å². The van der Waals surface area contributed by atoms with Crippen molar-refractivity contribution in [1.29, 1.82) is 0 Å². The molecule has 15 heteroatoms. The first-order chi connectivity index (χ1) is 22.1. The SMILES string of the molecule is C/C=C(\C=C(/[NH-])c1cc(C(=O)O)cc(C2C=CC(N(c3ccccc3)c3ccccc3)=C[N-]2)n1)C(=O)O.[N-]=C=S.[N-]=C=S.[N-]=C=S.[Ru+4]. The van der Waals surface area contributed by atoms with E-state index < -0.39 is 18.0 Å². The average molecular weight is 768 g/mol. The van der Waals surface area contributed by atoms with Crippen LogP contribution in [0, 0.1) is 0 Å². The summed E-state index contributed by atoms with van der Waals surface area (Å²) in [6.07, 6.45) is 7.92. The predicted octanol–water partition coefficient (Wildman–Crippen LogP) is 8.84. The molecule has 0 spiro atoms. The van der Waals surface area contributed by atoms with Gasteiger partial charge in [0.15, 0.2) is 0 Å². The molecule has 0 saturated carbocycles. The first-order valence-corrected chi connectivity index (χ1v) is 13.9. The monoisotopic (exact) mass is 768 g/mol. The molecule has 2 aromatic carbocycles. The number of carbonyl (C=O) groups is 2. The predicted molar refractivity (Wildman–Crippen MR) is 191 cm³/mol. The number of anilines is 2. The van der Waals surface area contributed by atoms with E-state index >= 15 is 0 Å². The summed E-state index contributed by atoms with van der Waals surface area (Å²) in [5.41, 5.74) is 11.0. The molecule has 1 aliphatic heterocycles. The van der Waals surface area contributed by atoms with Crippen molar-refractivity contribution in [1.82, 2.24) is 4.98 Å². The summed E-state index contributed by atoms with van der Waals surface area (Å²) < 4.78 is 0. The van der Waals surface area contributed by atoms with Gasteiger partial charge in [0.1, 0.15) is 0 Å². The Morgan fingerprint density at radius 3 is 1.81 bits per heavy atom. The van der Waals surface area contributed by atoms with E-state index in [0.717, 1.165) is 23.1 Å². The van der Waals surface area contributed by atoms with Crippen LogP contribution in [0.2, 0.25) is 0 Å². The van der Waals surface area contributed by atoms with E-state index in [9.17, 15) is 19.8 Å². The van der Waals surface area contributed by atoms with Crippen LogP contribution < -0.4 is 4.90 Å². The molecular weight excluding hydrogens is 744 g/mol. The Morgan fingerprint density at radius 1 is 0.936 bits per heavy atom. The number of para-hydroxylation sites is 2. The Bertz CT molecular complexity index is 1660. The van der Waals surface area contributed by atoms with Crippen molar-refractivity contribution in [2.45, 2.75) is 13.0 Å². The van der Waals surface area contributed by atoms with Crippen LogP contribution in [0.25, 0.3) is 33.0 Å². The fourth-order valence-electron chi connectivity index (χ4n) is 3.81. The second-order valence-electron chi connectivity index (χ2n) is 8.37. The number of carboxylic acid groups (broad SMARTS) is 2. The molecule has 0 radical (unpaired) electrons. The van der Waals surface area contributed by atoms with Crippen LogP contribution in [0.15, 0.2) is 115 Å². The number of benzene rings is 2. The molecule has 2 heterocycles. The number of carboxylic acids is 2. The van der Waals surface area contributed by atoms with E-state index in [0.29, 0.717) is 5.69 Å². The Labute approximate surface area is 300 Å². The maximum absolute atomic E-state index is 11.8. The minimum Gasteiger partial charge on any atom is -0.753 e. The summed E-state index contributed by atoms with van der Waals surface area (Å²) in [5, 5.41) is 48.9. The van der Waals surface area contributed by atoms with Gasteiger partial charge >= 0.3 is 31.4 Å². The van der Waals surface area contributed by atoms with Gasteiger partial charge in [-0.3, -0.25) is 4.98 Å². The Balaban J connectivity index is 0.00000190. The quantitative estimate of drug-likeness (QED) is 0.0740. The summed E-state index contributed by atoms with van der Waals surface area (Å²) in [7, 11) is 0. The molecule has 47 heavy (non-hydrogen) atoms. The van der Waals surface area contributed by atoms with Gasteiger partial charge in [0.05, 0.1) is 11.1 Å². The van der Waals surface area contributed by atoms with Gasteiger partial charge in [0.2, 0.25) is 0 Å². The smallest absolute Gasteiger partial charge is 0.753 e. The average Bonchev–Trinajstić information content (AvgIpc) is 3.06. The van der Waals surface area contributed by atoms with Gasteiger partial charge in [-0.15, -0.1) is 5.70 Å². The van der Waals surface area contributed by atoms with E-state index in [2.05, 4.69) is 51.9 Å².